The predicted octanol–water partition coefficient (Wildman–Crippen LogP) is 3.00. The highest BCUT2D eigenvalue weighted by atomic mass is 19.4. The highest BCUT2D eigenvalue weighted by molar-refractivity contribution is 5.95. The number of nitrogens with zero attached hydrogens (tertiary/aromatic N) is 1. The molecule has 21 heavy (non-hydrogen) atoms. The minimum atomic E-state index is -4.76. The molecule has 1 saturated heterocycles. The van der Waals surface area contributed by atoms with Crippen LogP contribution in [0.15, 0.2) is 18.2 Å². The first-order valence-electron chi connectivity index (χ1n) is 6.84. The summed E-state index contributed by atoms with van der Waals surface area (Å²) >= 11 is 0. The minimum Gasteiger partial charge on any atom is -0.376 e. The average molecular weight is 301 g/mol. The van der Waals surface area contributed by atoms with Crippen LogP contribution in [0.2, 0.25) is 0 Å². The van der Waals surface area contributed by atoms with E-state index in [2.05, 4.69) is 0 Å². The largest absolute Gasteiger partial charge is 0.421 e. The fourth-order valence-electron chi connectivity index (χ4n) is 2.46. The summed E-state index contributed by atoms with van der Waals surface area (Å²) in [5, 5.41) is 9.67. The average Bonchev–Trinajstić information content (AvgIpc) is 2.90. The first-order chi connectivity index (χ1) is 9.64. The lowest BCUT2D eigenvalue weighted by atomic mass is 9.92. The predicted molar refractivity (Wildman–Crippen MR) is 71.9 cm³/mol. The second-order valence-electron chi connectivity index (χ2n) is 5.60. The summed E-state index contributed by atoms with van der Waals surface area (Å²) in [6, 6.07) is 3.77. The van der Waals surface area contributed by atoms with Gasteiger partial charge in [-0.1, -0.05) is 12.1 Å². The van der Waals surface area contributed by atoms with Crippen LogP contribution in [-0.4, -0.2) is 35.2 Å². The van der Waals surface area contributed by atoms with Crippen molar-refractivity contribution < 1.29 is 23.1 Å². The van der Waals surface area contributed by atoms with Gasteiger partial charge in [0.25, 0.3) is 5.91 Å². The summed E-state index contributed by atoms with van der Waals surface area (Å²) in [7, 11) is 0. The molecule has 116 valence electrons. The Morgan fingerprint density at radius 2 is 1.81 bits per heavy atom. The molecule has 6 heteroatoms. The van der Waals surface area contributed by atoms with Gasteiger partial charge in [-0.2, -0.15) is 13.2 Å². The van der Waals surface area contributed by atoms with Crippen molar-refractivity contribution in [1.82, 2.24) is 4.90 Å². The monoisotopic (exact) mass is 301 g/mol. The van der Waals surface area contributed by atoms with Crippen LogP contribution in [0.1, 0.15) is 41.3 Å². The maximum absolute atomic E-state index is 12.8. The molecule has 0 bridgehead atoms. The lowest BCUT2D eigenvalue weighted by Crippen LogP contribution is -2.39. The van der Waals surface area contributed by atoms with Crippen LogP contribution >= 0.6 is 0 Å². The molecular formula is C15H18F3NO2. The van der Waals surface area contributed by atoms with E-state index in [1.54, 1.807) is 11.8 Å². The molecule has 1 heterocycles. The molecule has 1 atom stereocenters. The van der Waals surface area contributed by atoms with Gasteiger partial charge in [0.1, 0.15) is 0 Å². The number of alkyl halides is 3. The second-order valence-corrected chi connectivity index (χ2v) is 5.60. The van der Waals surface area contributed by atoms with Gasteiger partial charge in [0.2, 0.25) is 0 Å². The van der Waals surface area contributed by atoms with E-state index < -0.39 is 11.8 Å². The van der Waals surface area contributed by atoms with Crippen LogP contribution in [0.5, 0.6) is 0 Å². The number of benzene rings is 1. The first-order valence-corrected chi connectivity index (χ1v) is 6.84. The normalized spacial score (nSPS) is 18.7. The van der Waals surface area contributed by atoms with Crippen molar-refractivity contribution in [3.05, 3.63) is 34.9 Å². The van der Waals surface area contributed by atoms with E-state index in [9.17, 15) is 23.1 Å². The number of carbonyl (C=O) groups is 1. The van der Waals surface area contributed by atoms with E-state index in [0.717, 1.165) is 12.8 Å². The van der Waals surface area contributed by atoms with Crippen molar-refractivity contribution in [3.63, 3.8) is 0 Å². The highest BCUT2D eigenvalue weighted by Crippen LogP contribution is 2.39. The smallest absolute Gasteiger partial charge is 0.376 e. The van der Waals surface area contributed by atoms with Crippen molar-refractivity contribution in [2.45, 2.75) is 38.5 Å². The molecule has 0 aromatic heterocycles. The number of aliphatic hydroxyl groups is 1. The van der Waals surface area contributed by atoms with Gasteiger partial charge in [0.05, 0.1) is 0 Å². The maximum atomic E-state index is 12.8. The number of hydrogen-bond acceptors (Lipinski definition) is 2. The summed E-state index contributed by atoms with van der Waals surface area (Å²) in [6.07, 6.45) is -2.86. The van der Waals surface area contributed by atoms with Crippen LogP contribution in [0.25, 0.3) is 0 Å². The zero-order valence-electron chi connectivity index (χ0n) is 12.0. The molecule has 0 spiro atoms. The summed E-state index contributed by atoms with van der Waals surface area (Å²) in [5.74, 6) is -0.164. The Morgan fingerprint density at radius 1 is 1.24 bits per heavy atom. The van der Waals surface area contributed by atoms with Crippen LogP contribution < -0.4 is 0 Å². The van der Waals surface area contributed by atoms with Gasteiger partial charge in [-0.15, -0.1) is 0 Å². The van der Waals surface area contributed by atoms with E-state index in [-0.39, 0.29) is 11.5 Å². The summed E-state index contributed by atoms with van der Waals surface area (Å²) in [4.78, 5) is 14.0. The van der Waals surface area contributed by atoms with Gasteiger partial charge >= 0.3 is 6.18 Å². The summed E-state index contributed by atoms with van der Waals surface area (Å²) in [5.41, 5.74) is -2.36. The summed E-state index contributed by atoms with van der Waals surface area (Å²) < 4.78 is 38.5. The van der Waals surface area contributed by atoms with Gasteiger partial charge in [0, 0.05) is 18.7 Å². The number of rotatable bonds is 2. The number of carbonyl (C=O) groups excluding carboxylic acids is 1. The minimum absolute atomic E-state index is 0.164. The topological polar surface area (TPSA) is 40.5 Å². The van der Waals surface area contributed by atoms with E-state index >= 15 is 0 Å². The number of amides is 1. The Kier molecular flexibility index (Phi) is 4.02. The van der Waals surface area contributed by atoms with Crippen molar-refractivity contribution in [2.75, 3.05) is 13.1 Å². The van der Waals surface area contributed by atoms with E-state index in [1.807, 2.05) is 0 Å². The number of halogens is 3. The van der Waals surface area contributed by atoms with Gasteiger partial charge in [-0.3, -0.25) is 4.79 Å². The van der Waals surface area contributed by atoms with Crippen LogP contribution in [-0.2, 0) is 5.60 Å². The second kappa shape index (κ2) is 5.33. The fraction of sp³-hybridized carbons (Fsp3) is 0.533. The molecule has 1 N–H and O–H groups in total. The van der Waals surface area contributed by atoms with E-state index in [4.69, 9.17) is 0 Å². The van der Waals surface area contributed by atoms with Crippen LogP contribution in [0, 0.1) is 6.92 Å². The third kappa shape index (κ3) is 2.90. The zero-order valence-corrected chi connectivity index (χ0v) is 12.0. The quantitative estimate of drug-likeness (QED) is 0.912. The molecule has 1 unspecified atom stereocenters. The Labute approximate surface area is 121 Å². The van der Waals surface area contributed by atoms with Crippen molar-refractivity contribution >= 4 is 5.91 Å². The third-order valence-corrected chi connectivity index (χ3v) is 3.96. The van der Waals surface area contributed by atoms with Crippen molar-refractivity contribution in [1.29, 1.82) is 0 Å². The lowest BCUT2D eigenvalue weighted by Gasteiger charge is -2.27. The molecule has 0 radical (unpaired) electrons. The van der Waals surface area contributed by atoms with Gasteiger partial charge in [-0.25, -0.2) is 0 Å². The Hall–Kier alpha value is -1.56. The molecular weight excluding hydrogens is 283 g/mol. The standard InChI is InChI=1S/C15H18F3NO2/c1-10-9-11(14(2,21)15(16,17)18)5-6-12(10)13(20)19-7-3-4-8-19/h5-6,9,21H,3-4,7-8H2,1-2H3. The van der Waals surface area contributed by atoms with Gasteiger partial charge < -0.3 is 10.0 Å². The molecule has 0 aliphatic carbocycles. The third-order valence-electron chi connectivity index (χ3n) is 3.96. The van der Waals surface area contributed by atoms with Crippen LogP contribution in [0.4, 0.5) is 13.2 Å². The van der Waals surface area contributed by atoms with E-state index in [0.29, 0.717) is 31.1 Å². The van der Waals surface area contributed by atoms with Crippen molar-refractivity contribution in [2.24, 2.45) is 0 Å². The molecule has 1 aromatic carbocycles. The SMILES string of the molecule is Cc1cc(C(C)(O)C(F)(F)F)ccc1C(=O)N1CCCC1. The Morgan fingerprint density at radius 3 is 2.29 bits per heavy atom. The fourth-order valence-corrected chi connectivity index (χ4v) is 2.46. The molecule has 2 rings (SSSR count). The number of likely N-dealkylation sites (tertiary alicyclic amines) is 1. The van der Waals surface area contributed by atoms with Gasteiger partial charge in [0.15, 0.2) is 5.60 Å². The van der Waals surface area contributed by atoms with Crippen LogP contribution in [0.3, 0.4) is 0 Å². The zero-order chi connectivity index (χ0) is 15.8. The first kappa shape index (κ1) is 15.8. The Balaban J connectivity index is 2.31. The molecule has 1 aliphatic rings. The van der Waals surface area contributed by atoms with Crippen molar-refractivity contribution in [3.8, 4) is 0 Å². The highest BCUT2D eigenvalue weighted by Gasteiger charge is 2.51. The summed E-state index contributed by atoms with van der Waals surface area (Å²) in [6.45, 7) is 3.66. The maximum Gasteiger partial charge on any atom is 0.421 e. The molecule has 1 amide bonds. The number of aryl methyl sites for hydroxylation is 1. The van der Waals surface area contributed by atoms with E-state index in [1.165, 1.54) is 18.2 Å². The van der Waals surface area contributed by atoms with Gasteiger partial charge in [-0.05, 0) is 43.9 Å². The number of hydrogen-bond donors (Lipinski definition) is 1. The molecule has 0 saturated carbocycles. The molecule has 3 nitrogen and oxygen atoms in total. The molecule has 1 fully saturated rings. The molecule has 1 aromatic rings. The lowest BCUT2D eigenvalue weighted by molar-refractivity contribution is -0.258. The Bertz CT molecular complexity index is 546. The molecule has 1 aliphatic heterocycles.